The molecule has 0 bridgehead atoms. The van der Waals surface area contributed by atoms with Gasteiger partial charge in [-0.05, 0) is 67.5 Å². The number of carbonyl (C=O) groups is 2. The zero-order valence-electron chi connectivity index (χ0n) is 19.2. The molecule has 3 unspecified atom stereocenters. The minimum absolute atomic E-state index is 0.105. The minimum Gasteiger partial charge on any atom is -0.480 e. The first kappa shape index (κ1) is 23.8. The van der Waals surface area contributed by atoms with E-state index in [-0.39, 0.29) is 17.9 Å². The number of benzene rings is 2. The summed E-state index contributed by atoms with van der Waals surface area (Å²) in [4.78, 5) is 25.2. The first-order valence-electron chi connectivity index (χ1n) is 11.6. The van der Waals surface area contributed by atoms with Crippen LogP contribution in [0.25, 0.3) is 0 Å². The number of hydrogen-bond donors (Lipinski definition) is 2. The van der Waals surface area contributed by atoms with Crippen molar-refractivity contribution in [3.63, 3.8) is 0 Å². The Labute approximate surface area is 190 Å². The second-order valence-electron chi connectivity index (χ2n) is 8.27. The number of hydrogen-bond acceptors (Lipinski definition) is 4. The molecule has 32 heavy (non-hydrogen) atoms. The zero-order chi connectivity index (χ0) is 22.9. The molecule has 0 saturated carbocycles. The van der Waals surface area contributed by atoms with E-state index in [1.807, 2.05) is 25.1 Å². The fraction of sp³-hybridized carbons (Fsp3) is 0.462. The van der Waals surface area contributed by atoms with Gasteiger partial charge >= 0.3 is 0 Å². The highest BCUT2D eigenvalue weighted by Crippen LogP contribution is 2.29. The summed E-state index contributed by atoms with van der Waals surface area (Å²) in [5.74, 6) is 0.754. The van der Waals surface area contributed by atoms with E-state index in [1.54, 1.807) is 24.3 Å². The molecule has 2 N–H and O–H groups in total. The average molecular weight is 439 g/mol. The Balaban J connectivity index is 1.57. The lowest BCUT2D eigenvalue weighted by Gasteiger charge is -2.21. The first-order valence-corrected chi connectivity index (χ1v) is 11.6. The van der Waals surface area contributed by atoms with Crippen molar-refractivity contribution in [3.8, 4) is 5.75 Å². The van der Waals surface area contributed by atoms with Gasteiger partial charge in [0.25, 0.3) is 11.8 Å². The van der Waals surface area contributed by atoms with Gasteiger partial charge in [-0.15, -0.1) is 0 Å². The van der Waals surface area contributed by atoms with E-state index in [9.17, 15) is 9.59 Å². The van der Waals surface area contributed by atoms with Crippen molar-refractivity contribution in [1.82, 2.24) is 5.32 Å². The van der Waals surface area contributed by atoms with Gasteiger partial charge in [0, 0.05) is 24.4 Å². The summed E-state index contributed by atoms with van der Waals surface area (Å²) >= 11 is 0. The Kier molecular flexibility index (Phi) is 8.68. The summed E-state index contributed by atoms with van der Waals surface area (Å²) in [6.45, 7) is 7.50. The van der Waals surface area contributed by atoms with Crippen LogP contribution in [0.15, 0.2) is 48.5 Å². The Morgan fingerprint density at radius 1 is 1.09 bits per heavy atom. The maximum Gasteiger partial charge on any atom is 0.265 e. The normalized spacial score (nSPS) is 17.4. The molecule has 0 aromatic heterocycles. The second kappa shape index (κ2) is 11.7. The molecule has 2 aromatic carbocycles. The Morgan fingerprint density at radius 2 is 1.84 bits per heavy atom. The molecule has 2 amide bonds. The van der Waals surface area contributed by atoms with Gasteiger partial charge in [-0.3, -0.25) is 9.59 Å². The van der Waals surface area contributed by atoms with Crippen LogP contribution in [-0.4, -0.2) is 37.2 Å². The Bertz CT molecular complexity index is 891. The number of amides is 2. The third kappa shape index (κ3) is 6.33. The molecular weight excluding hydrogens is 404 g/mol. The Morgan fingerprint density at radius 3 is 2.50 bits per heavy atom. The fourth-order valence-electron chi connectivity index (χ4n) is 3.73. The molecule has 1 heterocycles. The van der Waals surface area contributed by atoms with Crippen molar-refractivity contribution in [2.75, 3.05) is 18.5 Å². The van der Waals surface area contributed by atoms with Crippen LogP contribution in [0.3, 0.4) is 0 Å². The topological polar surface area (TPSA) is 76.7 Å². The highest BCUT2D eigenvalue weighted by Gasteiger charge is 2.21. The quantitative estimate of drug-likeness (QED) is 0.553. The number of para-hydroxylation sites is 1. The number of anilines is 1. The summed E-state index contributed by atoms with van der Waals surface area (Å²) in [5.41, 5.74) is 2.29. The molecule has 3 atom stereocenters. The number of ether oxygens (including phenoxy) is 2. The lowest BCUT2D eigenvalue weighted by Crippen LogP contribution is -2.33. The van der Waals surface area contributed by atoms with E-state index >= 15 is 0 Å². The molecule has 1 saturated heterocycles. The maximum absolute atomic E-state index is 12.8. The Hall–Kier alpha value is -2.86. The summed E-state index contributed by atoms with van der Waals surface area (Å²) in [6.07, 6.45) is 3.07. The largest absolute Gasteiger partial charge is 0.480 e. The standard InChI is InChI=1S/C26H34N2O4/c1-4-18(3)22-10-6-7-11-24(22)32-23(5-2)26(30)28-20-14-12-19(13-15-20)25(29)27-17-21-9-8-16-31-21/h6-7,10-15,18,21,23H,4-5,8-9,16-17H2,1-3H3,(H,27,29)(H,28,30). The van der Waals surface area contributed by atoms with Gasteiger partial charge in [-0.2, -0.15) is 0 Å². The zero-order valence-corrected chi connectivity index (χ0v) is 19.2. The van der Waals surface area contributed by atoms with Crippen molar-refractivity contribution in [2.24, 2.45) is 0 Å². The lowest BCUT2D eigenvalue weighted by atomic mass is 9.98. The molecule has 2 aromatic rings. The summed E-state index contributed by atoms with van der Waals surface area (Å²) < 4.78 is 11.6. The van der Waals surface area contributed by atoms with Crippen LogP contribution in [0, 0.1) is 0 Å². The SMILES string of the molecule is CCC(Oc1ccccc1C(C)CC)C(=O)Nc1ccc(C(=O)NCC2CCCO2)cc1. The van der Waals surface area contributed by atoms with E-state index in [4.69, 9.17) is 9.47 Å². The van der Waals surface area contributed by atoms with Crippen LogP contribution in [0.1, 0.15) is 68.3 Å². The molecule has 6 heteroatoms. The third-order valence-electron chi connectivity index (χ3n) is 5.92. The monoisotopic (exact) mass is 438 g/mol. The molecule has 1 aliphatic heterocycles. The van der Waals surface area contributed by atoms with Crippen molar-refractivity contribution < 1.29 is 19.1 Å². The van der Waals surface area contributed by atoms with Crippen LogP contribution in [-0.2, 0) is 9.53 Å². The molecule has 6 nitrogen and oxygen atoms in total. The molecule has 1 aliphatic rings. The van der Waals surface area contributed by atoms with E-state index in [0.29, 0.717) is 30.1 Å². The molecule has 0 aliphatic carbocycles. The molecule has 1 fully saturated rings. The summed E-state index contributed by atoms with van der Waals surface area (Å²) in [6, 6.07) is 14.8. The van der Waals surface area contributed by atoms with Gasteiger partial charge in [-0.25, -0.2) is 0 Å². The second-order valence-corrected chi connectivity index (χ2v) is 8.27. The third-order valence-corrected chi connectivity index (χ3v) is 5.92. The van der Waals surface area contributed by atoms with Gasteiger partial charge in [0.2, 0.25) is 0 Å². The lowest BCUT2D eigenvalue weighted by molar-refractivity contribution is -0.122. The van der Waals surface area contributed by atoms with Crippen LogP contribution >= 0.6 is 0 Å². The molecule has 3 rings (SSSR count). The molecule has 0 radical (unpaired) electrons. The van der Waals surface area contributed by atoms with Crippen molar-refractivity contribution in [3.05, 3.63) is 59.7 Å². The number of rotatable bonds is 10. The highest BCUT2D eigenvalue weighted by atomic mass is 16.5. The van der Waals surface area contributed by atoms with E-state index in [2.05, 4.69) is 30.5 Å². The van der Waals surface area contributed by atoms with Crippen LogP contribution < -0.4 is 15.4 Å². The molecule has 172 valence electrons. The van der Waals surface area contributed by atoms with Gasteiger partial charge in [-0.1, -0.05) is 39.0 Å². The van der Waals surface area contributed by atoms with Crippen LogP contribution in [0.5, 0.6) is 5.75 Å². The summed E-state index contributed by atoms with van der Waals surface area (Å²) in [7, 11) is 0. The van der Waals surface area contributed by atoms with Gasteiger partial charge in [0.1, 0.15) is 5.75 Å². The predicted octanol–water partition coefficient (Wildman–Crippen LogP) is 4.91. The van der Waals surface area contributed by atoms with E-state index < -0.39 is 6.10 Å². The molecule has 0 spiro atoms. The predicted molar refractivity (Wildman–Crippen MR) is 126 cm³/mol. The first-order chi connectivity index (χ1) is 15.5. The molecular formula is C26H34N2O4. The minimum atomic E-state index is -0.602. The fourth-order valence-corrected chi connectivity index (χ4v) is 3.73. The number of carbonyl (C=O) groups excluding carboxylic acids is 2. The van der Waals surface area contributed by atoms with E-state index in [0.717, 1.165) is 37.2 Å². The highest BCUT2D eigenvalue weighted by molar-refractivity contribution is 5.97. The van der Waals surface area contributed by atoms with Gasteiger partial charge < -0.3 is 20.1 Å². The smallest absolute Gasteiger partial charge is 0.265 e. The van der Waals surface area contributed by atoms with Gasteiger partial charge in [0.05, 0.1) is 6.10 Å². The van der Waals surface area contributed by atoms with Crippen molar-refractivity contribution in [1.29, 1.82) is 0 Å². The van der Waals surface area contributed by atoms with Crippen LogP contribution in [0.4, 0.5) is 5.69 Å². The van der Waals surface area contributed by atoms with Gasteiger partial charge in [0.15, 0.2) is 6.10 Å². The summed E-state index contributed by atoms with van der Waals surface area (Å²) in [5, 5.41) is 5.81. The van der Waals surface area contributed by atoms with E-state index in [1.165, 1.54) is 0 Å². The average Bonchev–Trinajstić information content (AvgIpc) is 3.35. The van der Waals surface area contributed by atoms with Crippen LogP contribution in [0.2, 0.25) is 0 Å². The van der Waals surface area contributed by atoms with Crippen molar-refractivity contribution >= 4 is 17.5 Å². The number of nitrogens with one attached hydrogen (secondary N) is 2. The maximum atomic E-state index is 12.8. The van der Waals surface area contributed by atoms with Crippen molar-refractivity contribution in [2.45, 2.75) is 64.6 Å².